The van der Waals surface area contributed by atoms with Crippen molar-refractivity contribution < 1.29 is 9.53 Å². The first kappa shape index (κ1) is 15.1. The summed E-state index contributed by atoms with van der Waals surface area (Å²) in [6, 6.07) is 1.52. The standard InChI is InChI=1S/C17H30N2O2/c1-17(2,3)21-16(20)19-14-9-10-15(19)12-18(11-14)13-7-5-4-6-8-13/h13-15H,4-12H2,1-3H3/t14-,15+. The summed E-state index contributed by atoms with van der Waals surface area (Å²) in [5.74, 6) is 0. The number of rotatable bonds is 1. The predicted octanol–water partition coefficient (Wildman–Crippen LogP) is 3.40. The molecule has 4 nitrogen and oxygen atoms in total. The number of hydrogen-bond donors (Lipinski definition) is 0. The molecule has 2 bridgehead atoms. The molecule has 1 amide bonds. The van der Waals surface area contributed by atoms with Gasteiger partial charge in [0.15, 0.2) is 0 Å². The average molecular weight is 294 g/mol. The van der Waals surface area contributed by atoms with Crippen LogP contribution in [0.1, 0.15) is 65.7 Å². The van der Waals surface area contributed by atoms with Crippen LogP contribution >= 0.6 is 0 Å². The first-order valence-electron chi connectivity index (χ1n) is 8.69. The highest BCUT2D eigenvalue weighted by Gasteiger charge is 2.45. The van der Waals surface area contributed by atoms with Gasteiger partial charge in [0, 0.05) is 31.2 Å². The van der Waals surface area contributed by atoms with Gasteiger partial charge in [-0.2, -0.15) is 0 Å². The van der Waals surface area contributed by atoms with Crippen LogP contribution in [0.5, 0.6) is 0 Å². The van der Waals surface area contributed by atoms with Crippen molar-refractivity contribution in [1.82, 2.24) is 9.80 Å². The van der Waals surface area contributed by atoms with E-state index in [2.05, 4.69) is 4.90 Å². The lowest BCUT2D eigenvalue weighted by atomic mass is 9.93. The van der Waals surface area contributed by atoms with E-state index in [1.165, 1.54) is 32.1 Å². The highest BCUT2D eigenvalue weighted by Crippen LogP contribution is 2.34. The summed E-state index contributed by atoms with van der Waals surface area (Å²) in [7, 11) is 0. The van der Waals surface area contributed by atoms with Gasteiger partial charge in [-0.05, 0) is 46.5 Å². The monoisotopic (exact) mass is 294 g/mol. The number of fused-ring (bicyclic) bond motifs is 2. The van der Waals surface area contributed by atoms with Gasteiger partial charge in [0.25, 0.3) is 0 Å². The maximum Gasteiger partial charge on any atom is 0.410 e. The van der Waals surface area contributed by atoms with Crippen molar-refractivity contribution in [1.29, 1.82) is 0 Å². The van der Waals surface area contributed by atoms with Gasteiger partial charge in [-0.3, -0.25) is 9.80 Å². The fraction of sp³-hybridized carbons (Fsp3) is 0.941. The second-order valence-electron chi connectivity index (χ2n) is 8.02. The molecule has 0 radical (unpaired) electrons. The molecule has 2 saturated heterocycles. The van der Waals surface area contributed by atoms with Crippen molar-refractivity contribution in [2.75, 3.05) is 13.1 Å². The Morgan fingerprint density at radius 3 is 2.00 bits per heavy atom. The van der Waals surface area contributed by atoms with Gasteiger partial charge in [0.05, 0.1) is 0 Å². The van der Waals surface area contributed by atoms with Crippen LogP contribution in [0.25, 0.3) is 0 Å². The molecule has 3 aliphatic rings. The molecule has 2 aliphatic heterocycles. The van der Waals surface area contributed by atoms with Crippen molar-refractivity contribution in [3.63, 3.8) is 0 Å². The molecule has 3 fully saturated rings. The molecule has 2 heterocycles. The third kappa shape index (κ3) is 3.36. The van der Waals surface area contributed by atoms with Crippen molar-refractivity contribution in [2.45, 2.75) is 89.4 Å². The van der Waals surface area contributed by atoms with Crippen molar-refractivity contribution in [3.8, 4) is 0 Å². The Morgan fingerprint density at radius 1 is 0.905 bits per heavy atom. The second-order valence-corrected chi connectivity index (χ2v) is 8.02. The normalized spacial score (nSPS) is 31.5. The molecule has 4 heteroatoms. The van der Waals surface area contributed by atoms with Crippen molar-refractivity contribution in [3.05, 3.63) is 0 Å². The lowest BCUT2D eigenvalue weighted by molar-refractivity contribution is -0.0138. The SMILES string of the molecule is CC(C)(C)OC(=O)N1[C@@H]2CC[C@H]1CN(C1CCCCC1)C2. The smallest absolute Gasteiger partial charge is 0.410 e. The summed E-state index contributed by atoms with van der Waals surface area (Å²) in [4.78, 5) is 17.2. The minimum atomic E-state index is -0.392. The van der Waals surface area contributed by atoms with E-state index in [-0.39, 0.29) is 6.09 Å². The third-order valence-electron chi connectivity index (χ3n) is 5.21. The van der Waals surface area contributed by atoms with Crippen molar-refractivity contribution in [2.24, 2.45) is 0 Å². The Morgan fingerprint density at radius 2 is 1.48 bits per heavy atom. The van der Waals surface area contributed by atoms with Gasteiger partial charge in [0.1, 0.15) is 5.60 Å². The fourth-order valence-corrected chi connectivity index (χ4v) is 4.29. The highest BCUT2D eigenvalue weighted by molar-refractivity contribution is 5.69. The van der Waals surface area contributed by atoms with E-state index in [9.17, 15) is 4.79 Å². The van der Waals surface area contributed by atoms with Crippen LogP contribution in [-0.4, -0.2) is 52.7 Å². The molecule has 0 unspecified atom stereocenters. The number of piperazine rings is 1. The average Bonchev–Trinajstić information content (AvgIpc) is 2.69. The Kier molecular flexibility index (Phi) is 4.17. The first-order valence-corrected chi connectivity index (χ1v) is 8.69. The Labute approximate surface area is 128 Å². The van der Waals surface area contributed by atoms with Crippen LogP contribution in [0.4, 0.5) is 4.79 Å². The molecular weight excluding hydrogens is 264 g/mol. The number of carbonyl (C=O) groups is 1. The second kappa shape index (κ2) is 5.79. The van der Waals surface area contributed by atoms with Gasteiger partial charge in [0.2, 0.25) is 0 Å². The predicted molar refractivity (Wildman–Crippen MR) is 83.3 cm³/mol. The third-order valence-corrected chi connectivity index (χ3v) is 5.21. The van der Waals surface area contributed by atoms with Gasteiger partial charge < -0.3 is 4.74 Å². The number of likely N-dealkylation sites (tertiary alicyclic amines) is 1. The summed E-state index contributed by atoms with van der Waals surface area (Å²) >= 11 is 0. The minimum absolute atomic E-state index is 0.0988. The number of nitrogens with zero attached hydrogens (tertiary/aromatic N) is 2. The lowest BCUT2D eigenvalue weighted by Gasteiger charge is -2.45. The molecule has 0 aromatic rings. The van der Waals surface area contributed by atoms with E-state index in [0.29, 0.717) is 12.1 Å². The molecule has 0 N–H and O–H groups in total. The summed E-state index contributed by atoms with van der Waals surface area (Å²) in [5, 5.41) is 0. The van der Waals surface area contributed by atoms with Gasteiger partial charge in [-0.15, -0.1) is 0 Å². The highest BCUT2D eigenvalue weighted by atomic mass is 16.6. The zero-order valence-electron chi connectivity index (χ0n) is 13.8. The molecule has 0 aromatic carbocycles. The zero-order valence-corrected chi connectivity index (χ0v) is 13.8. The maximum absolute atomic E-state index is 12.4. The Balaban J connectivity index is 1.62. The number of hydrogen-bond acceptors (Lipinski definition) is 3. The minimum Gasteiger partial charge on any atom is -0.444 e. The van der Waals surface area contributed by atoms with E-state index >= 15 is 0 Å². The molecule has 0 spiro atoms. The van der Waals surface area contributed by atoms with Crippen LogP contribution in [-0.2, 0) is 4.74 Å². The van der Waals surface area contributed by atoms with Crippen LogP contribution in [0, 0.1) is 0 Å². The van der Waals surface area contributed by atoms with Gasteiger partial charge in [-0.1, -0.05) is 19.3 Å². The van der Waals surface area contributed by atoms with Crippen LogP contribution in [0.15, 0.2) is 0 Å². The molecule has 120 valence electrons. The number of carbonyl (C=O) groups excluding carboxylic acids is 1. The maximum atomic E-state index is 12.4. The number of amides is 1. The molecule has 21 heavy (non-hydrogen) atoms. The Bertz CT molecular complexity index is 371. The van der Waals surface area contributed by atoms with Gasteiger partial charge in [-0.25, -0.2) is 4.79 Å². The Hall–Kier alpha value is -0.770. The van der Waals surface area contributed by atoms with E-state index < -0.39 is 5.60 Å². The first-order chi connectivity index (χ1) is 9.94. The van der Waals surface area contributed by atoms with Crippen LogP contribution < -0.4 is 0 Å². The number of ether oxygens (including phenoxy) is 1. The van der Waals surface area contributed by atoms with E-state index in [4.69, 9.17) is 4.74 Å². The molecule has 3 rings (SSSR count). The van der Waals surface area contributed by atoms with Crippen LogP contribution in [0.2, 0.25) is 0 Å². The molecule has 1 saturated carbocycles. The van der Waals surface area contributed by atoms with Crippen LogP contribution in [0.3, 0.4) is 0 Å². The summed E-state index contributed by atoms with van der Waals surface area (Å²) in [6.45, 7) is 7.96. The quantitative estimate of drug-likeness (QED) is 0.743. The summed E-state index contributed by atoms with van der Waals surface area (Å²) < 4.78 is 5.61. The fourth-order valence-electron chi connectivity index (χ4n) is 4.29. The molecule has 0 aromatic heterocycles. The zero-order chi connectivity index (χ0) is 15.0. The van der Waals surface area contributed by atoms with Gasteiger partial charge >= 0.3 is 6.09 Å². The van der Waals surface area contributed by atoms with E-state index in [0.717, 1.165) is 32.0 Å². The summed E-state index contributed by atoms with van der Waals surface area (Å²) in [5.41, 5.74) is -0.392. The summed E-state index contributed by atoms with van der Waals surface area (Å²) in [6.07, 6.45) is 9.07. The largest absolute Gasteiger partial charge is 0.444 e. The molecular formula is C17H30N2O2. The lowest BCUT2D eigenvalue weighted by Crippen LogP contribution is -2.58. The molecule has 1 aliphatic carbocycles. The molecule has 2 atom stereocenters. The van der Waals surface area contributed by atoms with Crippen molar-refractivity contribution >= 4 is 6.09 Å². The van der Waals surface area contributed by atoms with E-state index in [1.807, 2.05) is 25.7 Å². The van der Waals surface area contributed by atoms with E-state index in [1.54, 1.807) is 0 Å². The topological polar surface area (TPSA) is 32.8 Å².